The van der Waals surface area contributed by atoms with E-state index in [9.17, 15) is 31.1 Å². The summed E-state index contributed by atoms with van der Waals surface area (Å²) in [5.74, 6) is -11.3. The van der Waals surface area contributed by atoms with Gasteiger partial charge in [-0.15, -0.1) is 0 Å². The summed E-state index contributed by atoms with van der Waals surface area (Å²) >= 11 is 0. The van der Waals surface area contributed by atoms with Crippen molar-refractivity contribution in [2.24, 2.45) is 0 Å². The Morgan fingerprint density at radius 1 is 1.09 bits per heavy atom. The molecular formula is C14H14F6O3. The van der Waals surface area contributed by atoms with E-state index in [1.807, 2.05) is 0 Å². The van der Waals surface area contributed by atoms with Crippen molar-refractivity contribution in [1.29, 1.82) is 0 Å². The number of carboxylic acids is 1. The number of rotatable bonds is 8. The Bertz CT molecular complexity index is 527. The number of alkyl halides is 6. The summed E-state index contributed by atoms with van der Waals surface area (Å²) in [5, 5.41) is 9.06. The first-order valence-corrected chi connectivity index (χ1v) is 6.34. The van der Waals surface area contributed by atoms with Gasteiger partial charge in [0.15, 0.2) is 13.3 Å². The van der Waals surface area contributed by atoms with E-state index in [-0.39, 0.29) is 6.07 Å². The molecule has 130 valence electrons. The van der Waals surface area contributed by atoms with Crippen LogP contribution in [0.5, 0.6) is 0 Å². The minimum atomic E-state index is -4.10. The molecular weight excluding hydrogens is 330 g/mol. The Kier molecular flexibility index (Phi) is 6.04. The summed E-state index contributed by atoms with van der Waals surface area (Å²) in [6, 6.07) is 1.48. The van der Waals surface area contributed by atoms with E-state index in [1.54, 1.807) is 0 Å². The van der Waals surface area contributed by atoms with Crippen LogP contribution in [0.15, 0.2) is 18.2 Å². The van der Waals surface area contributed by atoms with Crippen molar-refractivity contribution >= 4 is 5.97 Å². The Hall–Kier alpha value is -1.77. The van der Waals surface area contributed by atoms with Crippen LogP contribution in [0.4, 0.5) is 26.3 Å². The molecule has 0 aliphatic rings. The molecule has 1 unspecified atom stereocenters. The van der Waals surface area contributed by atoms with E-state index in [4.69, 9.17) is 5.11 Å². The van der Waals surface area contributed by atoms with Crippen molar-refractivity contribution in [2.75, 3.05) is 27.1 Å². The summed E-state index contributed by atoms with van der Waals surface area (Å²) in [6.07, 6.45) is 0. The number of ether oxygens (including phenoxy) is 1. The van der Waals surface area contributed by atoms with Crippen molar-refractivity contribution in [2.45, 2.75) is 17.8 Å². The fourth-order valence-corrected chi connectivity index (χ4v) is 1.91. The maximum absolute atomic E-state index is 13.5. The highest BCUT2D eigenvalue weighted by Crippen LogP contribution is 2.37. The van der Waals surface area contributed by atoms with Gasteiger partial charge in [0.2, 0.25) is 0 Å². The average Bonchev–Trinajstić information content (AvgIpc) is 2.51. The average molecular weight is 344 g/mol. The van der Waals surface area contributed by atoms with Gasteiger partial charge in [-0.1, -0.05) is 0 Å². The molecule has 0 saturated carbocycles. The first kappa shape index (κ1) is 19.3. The molecule has 0 aromatic heterocycles. The quantitative estimate of drug-likeness (QED) is 0.733. The first-order chi connectivity index (χ1) is 10.6. The van der Waals surface area contributed by atoms with Crippen LogP contribution in [0, 0.1) is 0 Å². The summed E-state index contributed by atoms with van der Waals surface area (Å²) in [4.78, 5) is 11.1. The normalized spacial score (nSPS) is 13.9. The van der Waals surface area contributed by atoms with E-state index >= 15 is 0 Å². The summed E-state index contributed by atoms with van der Waals surface area (Å²) in [7, 11) is 1.13. The molecule has 0 aliphatic heterocycles. The lowest BCUT2D eigenvalue weighted by Gasteiger charge is -2.21. The largest absolute Gasteiger partial charge is 0.481 e. The van der Waals surface area contributed by atoms with Gasteiger partial charge in [0.05, 0.1) is 6.61 Å². The third kappa shape index (κ3) is 4.37. The van der Waals surface area contributed by atoms with Crippen LogP contribution in [0.2, 0.25) is 0 Å². The van der Waals surface area contributed by atoms with Crippen molar-refractivity contribution in [3.63, 3.8) is 0 Å². The molecule has 0 heterocycles. The number of benzene rings is 1. The molecule has 0 aliphatic carbocycles. The highest BCUT2D eigenvalue weighted by molar-refractivity contribution is 5.76. The molecule has 0 spiro atoms. The number of carbonyl (C=O) groups is 1. The van der Waals surface area contributed by atoms with Crippen LogP contribution in [-0.4, -0.2) is 38.1 Å². The fourth-order valence-electron chi connectivity index (χ4n) is 1.91. The molecule has 0 fully saturated rings. The maximum atomic E-state index is 13.5. The molecule has 23 heavy (non-hydrogen) atoms. The number of halogens is 6. The highest BCUT2D eigenvalue weighted by Gasteiger charge is 2.38. The molecule has 1 atom stereocenters. The zero-order chi connectivity index (χ0) is 17.8. The lowest BCUT2D eigenvalue weighted by atomic mass is 9.92. The van der Waals surface area contributed by atoms with Gasteiger partial charge in [-0.3, -0.25) is 4.79 Å². The number of aliphatic carboxylic acids is 1. The smallest absolute Gasteiger partial charge is 0.313 e. The van der Waals surface area contributed by atoms with Crippen molar-refractivity contribution < 1.29 is 41.0 Å². The van der Waals surface area contributed by atoms with E-state index in [0.717, 1.165) is 7.11 Å². The first-order valence-electron chi connectivity index (χ1n) is 6.34. The second-order valence-electron chi connectivity index (χ2n) is 4.87. The van der Waals surface area contributed by atoms with Gasteiger partial charge in [0, 0.05) is 18.2 Å². The maximum Gasteiger partial charge on any atom is 0.313 e. The number of methoxy groups -OCH3 is 1. The molecule has 9 heteroatoms. The molecule has 3 nitrogen and oxygen atoms in total. The van der Waals surface area contributed by atoms with Crippen LogP contribution in [-0.2, 0) is 21.4 Å². The SMILES string of the molecule is COCC(C(=O)O)c1cc(C(F)(F)CF)cc(C(F)(F)CF)c1. The van der Waals surface area contributed by atoms with Crippen molar-refractivity contribution in [3.05, 3.63) is 34.9 Å². The Labute approximate surface area is 127 Å². The zero-order valence-corrected chi connectivity index (χ0v) is 12.0. The van der Waals surface area contributed by atoms with E-state index in [0.29, 0.717) is 12.1 Å². The number of hydrogen-bond donors (Lipinski definition) is 1. The summed E-state index contributed by atoms with van der Waals surface area (Å²) in [5.41, 5.74) is -2.75. The van der Waals surface area contributed by atoms with E-state index in [1.165, 1.54) is 0 Å². The molecule has 0 amide bonds. The van der Waals surface area contributed by atoms with Gasteiger partial charge in [-0.2, -0.15) is 17.6 Å². The molecule has 1 rings (SSSR count). The standard InChI is InChI=1S/C14H14F6O3/c1-23-5-11(12(21)22)8-2-9(13(17,18)6-15)4-10(3-8)14(19,20)7-16/h2-4,11H,5-7H2,1H3,(H,21,22). The fraction of sp³-hybridized carbons (Fsp3) is 0.500. The van der Waals surface area contributed by atoms with E-state index < -0.39 is 60.4 Å². The summed E-state index contributed by atoms with van der Waals surface area (Å²) < 4.78 is 83.5. The van der Waals surface area contributed by atoms with Crippen molar-refractivity contribution in [1.82, 2.24) is 0 Å². The van der Waals surface area contributed by atoms with Gasteiger partial charge in [-0.25, -0.2) is 8.78 Å². The van der Waals surface area contributed by atoms with Crippen LogP contribution in [0.3, 0.4) is 0 Å². The molecule has 1 N–H and O–H groups in total. The van der Waals surface area contributed by atoms with Gasteiger partial charge in [-0.05, 0) is 23.8 Å². The second-order valence-corrected chi connectivity index (χ2v) is 4.87. The molecule has 1 aromatic rings. The highest BCUT2D eigenvalue weighted by atomic mass is 19.3. The minimum absolute atomic E-state index is 0.272. The van der Waals surface area contributed by atoms with Crippen LogP contribution < -0.4 is 0 Å². The minimum Gasteiger partial charge on any atom is -0.481 e. The van der Waals surface area contributed by atoms with Gasteiger partial charge in [0.25, 0.3) is 0 Å². The molecule has 0 bridgehead atoms. The van der Waals surface area contributed by atoms with E-state index in [2.05, 4.69) is 4.74 Å². The van der Waals surface area contributed by atoms with Crippen molar-refractivity contribution in [3.8, 4) is 0 Å². The predicted octanol–water partition coefficient (Wildman–Crippen LogP) is 3.62. The van der Waals surface area contributed by atoms with Crippen LogP contribution in [0.25, 0.3) is 0 Å². The van der Waals surface area contributed by atoms with Crippen LogP contribution in [0.1, 0.15) is 22.6 Å². The van der Waals surface area contributed by atoms with Gasteiger partial charge >= 0.3 is 17.8 Å². The third-order valence-electron chi connectivity index (χ3n) is 3.17. The number of carboxylic acid groups (broad SMARTS) is 1. The Balaban J connectivity index is 3.54. The zero-order valence-electron chi connectivity index (χ0n) is 12.0. The Morgan fingerprint density at radius 3 is 1.83 bits per heavy atom. The van der Waals surface area contributed by atoms with Gasteiger partial charge < -0.3 is 9.84 Å². The monoisotopic (exact) mass is 344 g/mol. The topological polar surface area (TPSA) is 46.5 Å². The lowest BCUT2D eigenvalue weighted by molar-refractivity contribution is -0.140. The molecule has 0 saturated heterocycles. The van der Waals surface area contributed by atoms with Crippen LogP contribution >= 0.6 is 0 Å². The Morgan fingerprint density at radius 2 is 1.52 bits per heavy atom. The molecule has 0 radical (unpaired) electrons. The van der Waals surface area contributed by atoms with Gasteiger partial charge in [0.1, 0.15) is 5.92 Å². The lowest BCUT2D eigenvalue weighted by Crippen LogP contribution is -2.23. The predicted molar refractivity (Wildman–Crippen MR) is 68.4 cm³/mol. The third-order valence-corrected chi connectivity index (χ3v) is 3.17. The number of hydrogen-bond acceptors (Lipinski definition) is 2. The molecule has 1 aromatic carbocycles. The second kappa shape index (κ2) is 7.20. The summed E-state index contributed by atoms with van der Waals surface area (Å²) in [6.45, 7) is -4.82.